The number of unbranched alkanes of at least 4 members (excludes halogenated alkanes) is 26. The number of hydrogen-bond acceptors (Lipinski definition) is 4. The van der Waals surface area contributed by atoms with Crippen molar-refractivity contribution < 1.29 is 19.4 Å². The molecule has 0 bridgehead atoms. The van der Waals surface area contributed by atoms with Gasteiger partial charge in [-0.15, -0.1) is 0 Å². The Labute approximate surface area is 288 Å². The van der Waals surface area contributed by atoms with Crippen molar-refractivity contribution in [1.29, 1.82) is 0 Å². The number of aliphatic hydroxyl groups is 1. The van der Waals surface area contributed by atoms with Crippen molar-refractivity contribution in [1.82, 2.24) is 0 Å². The van der Waals surface area contributed by atoms with Crippen LogP contribution >= 0.6 is 0 Å². The molecule has 0 radical (unpaired) electrons. The minimum absolute atomic E-state index is 0.171. The van der Waals surface area contributed by atoms with Gasteiger partial charge in [-0.05, 0) is 44.9 Å². The first-order chi connectivity index (χ1) is 22.7. The molecular weight excluding hydrogens is 568 g/mol. The van der Waals surface area contributed by atoms with Crippen molar-refractivity contribution in [3.63, 3.8) is 0 Å². The van der Waals surface area contributed by atoms with E-state index < -0.39 is 6.10 Å². The lowest BCUT2D eigenvalue weighted by molar-refractivity contribution is -0.154. The SMILES string of the molecule is CCCCCC/C=C\C/C=C\CCCCCCCCCC(=O)OC(CO)COCCCCCCCCCCCCCCCCCC. The van der Waals surface area contributed by atoms with E-state index in [1.807, 2.05) is 0 Å². The zero-order valence-electron chi connectivity index (χ0n) is 31.1. The lowest BCUT2D eigenvalue weighted by Crippen LogP contribution is -2.27. The minimum Gasteiger partial charge on any atom is -0.457 e. The third-order valence-electron chi connectivity index (χ3n) is 9.03. The van der Waals surface area contributed by atoms with E-state index in [9.17, 15) is 9.90 Å². The Hall–Kier alpha value is -1.13. The summed E-state index contributed by atoms with van der Waals surface area (Å²) in [6.45, 7) is 5.35. The molecule has 0 aromatic carbocycles. The predicted molar refractivity (Wildman–Crippen MR) is 201 cm³/mol. The van der Waals surface area contributed by atoms with Crippen molar-refractivity contribution in [2.24, 2.45) is 0 Å². The molecule has 0 aromatic rings. The number of allylic oxidation sites excluding steroid dienone is 4. The van der Waals surface area contributed by atoms with Gasteiger partial charge in [-0.2, -0.15) is 0 Å². The summed E-state index contributed by atoms with van der Waals surface area (Å²) in [4.78, 5) is 12.2. The van der Waals surface area contributed by atoms with Crippen LogP contribution in [0.1, 0.15) is 213 Å². The first-order valence-electron chi connectivity index (χ1n) is 20.4. The summed E-state index contributed by atoms with van der Waals surface area (Å²) in [7, 11) is 0. The highest BCUT2D eigenvalue weighted by atomic mass is 16.6. The Morgan fingerprint density at radius 3 is 1.37 bits per heavy atom. The fourth-order valence-electron chi connectivity index (χ4n) is 5.95. The molecule has 0 aromatic heterocycles. The summed E-state index contributed by atoms with van der Waals surface area (Å²) in [5.41, 5.74) is 0. The number of carbonyl (C=O) groups is 1. The molecule has 0 aliphatic rings. The van der Waals surface area contributed by atoms with E-state index >= 15 is 0 Å². The number of esters is 1. The van der Waals surface area contributed by atoms with E-state index in [0.29, 0.717) is 19.6 Å². The standard InChI is InChI=1S/C42H80O4/c1-3-5-7-9-11-13-15-17-19-21-22-23-25-27-29-31-33-35-37-42(44)46-41(39-43)40-45-38-36-34-32-30-28-26-24-20-18-16-14-12-10-8-6-4-2/h13,15,19,21,41,43H,3-12,14,16-18,20,22-40H2,1-2H3/b15-13-,21-19-. The van der Waals surface area contributed by atoms with E-state index in [1.54, 1.807) is 0 Å². The van der Waals surface area contributed by atoms with E-state index in [2.05, 4.69) is 38.2 Å². The lowest BCUT2D eigenvalue weighted by atomic mass is 10.0. The van der Waals surface area contributed by atoms with E-state index in [1.165, 1.54) is 167 Å². The molecule has 1 N–H and O–H groups in total. The monoisotopic (exact) mass is 649 g/mol. The first-order valence-corrected chi connectivity index (χ1v) is 20.4. The van der Waals surface area contributed by atoms with Gasteiger partial charge in [0.2, 0.25) is 0 Å². The van der Waals surface area contributed by atoms with Crippen molar-refractivity contribution in [2.45, 2.75) is 219 Å². The van der Waals surface area contributed by atoms with Crippen LogP contribution < -0.4 is 0 Å². The van der Waals surface area contributed by atoms with Gasteiger partial charge in [-0.1, -0.05) is 186 Å². The topological polar surface area (TPSA) is 55.8 Å². The number of carbonyl (C=O) groups excluding carboxylic acids is 1. The third-order valence-corrected chi connectivity index (χ3v) is 9.03. The fraction of sp³-hybridized carbons (Fsp3) is 0.881. The van der Waals surface area contributed by atoms with Crippen LogP contribution in [0.3, 0.4) is 0 Å². The largest absolute Gasteiger partial charge is 0.457 e. The quantitative estimate of drug-likeness (QED) is 0.0411. The second kappa shape index (κ2) is 40.0. The van der Waals surface area contributed by atoms with Crippen LogP contribution in [0.2, 0.25) is 0 Å². The van der Waals surface area contributed by atoms with Gasteiger partial charge in [0.25, 0.3) is 0 Å². The van der Waals surface area contributed by atoms with Gasteiger partial charge in [-0.25, -0.2) is 0 Å². The molecule has 0 saturated carbocycles. The van der Waals surface area contributed by atoms with E-state index in [0.717, 1.165) is 25.7 Å². The molecule has 0 rings (SSSR count). The molecule has 0 aliphatic carbocycles. The van der Waals surface area contributed by atoms with Crippen LogP contribution in [-0.4, -0.2) is 37.0 Å². The average Bonchev–Trinajstić information content (AvgIpc) is 3.06. The average molecular weight is 649 g/mol. The number of hydrogen-bond donors (Lipinski definition) is 1. The molecule has 0 aliphatic heterocycles. The molecule has 0 heterocycles. The van der Waals surface area contributed by atoms with Gasteiger partial charge in [0, 0.05) is 13.0 Å². The summed E-state index contributed by atoms with van der Waals surface area (Å²) in [5.74, 6) is -0.205. The second-order valence-electron chi connectivity index (χ2n) is 13.7. The summed E-state index contributed by atoms with van der Waals surface area (Å²) in [6.07, 6.45) is 48.0. The molecular formula is C42H80O4. The summed E-state index contributed by atoms with van der Waals surface area (Å²) in [5, 5.41) is 9.58. The number of ether oxygens (including phenoxy) is 2. The molecule has 0 saturated heterocycles. The molecule has 1 unspecified atom stereocenters. The van der Waals surface area contributed by atoms with Gasteiger partial charge >= 0.3 is 5.97 Å². The van der Waals surface area contributed by atoms with Gasteiger partial charge in [0.15, 0.2) is 0 Å². The van der Waals surface area contributed by atoms with Crippen LogP contribution in [0, 0.1) is 0 Å². The molecule has 272 valence electrons. The van der Waals surface area contributed by atoms with Gasteiger partial charge in [0.05, 0.1) is 13.2 Å². The van der Waals surface area contributed by atoms with E-state index in [-0.39, 0.29) is 12.6 Å². The molecule has 0 amide bonds. The maximum absolute atomic E-state index is 12.2. The number of rotatable bonds is 38. The highest BCUT2D eigenvalue weighted by molar-refractivity contribution is 5.69. The van der Waals surface area contributed by atoms with Crippen molar-refractivity contribution in [3.8, 4) is 0 Å². The van der Waals surface area contributed by atoms with Crippen molar-refractivity contribution >= 4 is 5.97 Å². The molecule has 46 heavy (non-hydrogen) atoms. The Morgan fingerprint density at radius 1 is 0.522 bits per heavy atom. The fourth-order valence-corrected chi connectivity index (χ4v) is 5.95. The van der Waals surface area contributed by atoms with Crippen LogP contribution in [0.25, 0.3) is 0 Å². The first kappa shape index (κ1) is 44.9. The van der Waals surface area contributed by atoms with Gasteiger partial charge in [0.1, 0.15) is 6.10 Å². The maximum Gasteiger partial charge on any atom is 0.306 e. The molecule has 4 nitrogen and oxygen atoms in total. The Kier molecular flexibility index (Phi) is 39.1. The molecule has 4 heteroatoms. The van der Waals surface area contributed by atoms with Crippen molar-refractivity contribution in [3.05, 3.63) is 24.3 Å². The lowest BCUT2D eigenvalue weighted by Gasteiger charge is -2.16. The summed E-state index contributed by atoms with van der Waals surface area (Å²) in [6, 6.07) is 0. The minimum atomic E-state index is -0.533. The van der Waals surface area contributed by atoms with Crippen LogP contribution in [-0.2, 0) is 14.3 Å². The molecule has 1 atom stereocenters. The Balaban J connectivity index is 3.42. The maximum atomic E-state index is 12.2. The van der Waals surface area contributed by atoms with Gasteiger partial charge < -0.3 is 14.6 Å². The summed E-state index contributed by atoms with van der Waals surface area (Å²) < 4.78 is 11.1. The smallest absolute Gasteiger partial charge is 0.306 e. The Bertz CT molecular complexity index is 644. The summed E-state index contributed by atoms with van der Waals surface area (Å²) >= 11 is 0. The highest BCUT2D eigenvalue weighted by Crippen LogP contribution is 2.14. The third kappa shape index (κ3) is 37.3. The zero-order chi connectivity index (χ0) is 33.4. The normalized spacial score (nSPS) is 12.5. The molecule has 0 spiro atoms. The predicted octanol–water partition coefficient (Wildman–Crippen LogP) is 13.2. The van der Waals surface area contributed by atoms with Gasteiger partial charge in [-0.3, -0.25) is 4.79 Å². The van der Waals surface area contributed by atoms with Crippen molar-refractivity contribution in [2.75, 3.05) is 19.8 Å². The van der Waals surface area contributed by atoms with Crippen LogP contribution in [0.5, 0.6) is 0 Å². The number of aliphatic hydroxyl groups excluding tert-OH is 1. The Morgan fingerprint density at radius 2 is 0.913 bits per heavy atom. The van der Waals surface area contributed by atoms with Crippen LogP contribution in [0.15, 0.2) is 24.3 Å². The van der Waals surface area contributed by atoms with Crippen LogP contribution in [0.4, 0.5) is 0 Å². The van der Waals surface area contributed by atoms with E-state index in [4.69, 9.17) is 9.47 Å². The second-order valence-corrected chi connectivity index (χ2v) is 13.7. The zero-order valence-corrected chi connectivity index (χ0v) is 31.1. The highest BCUT2D eigenvalue weighted by Gasteiger charge is 2.13. The molecule has 0 fully saturated rings.